The summed E-state index contributed by atoms with van der Waals surface area (Å²) in [6.45, 7) is 2.10. The monoisotopic (exact) mass is 636 g/mol. The van der Waals surface area contributed by atoms with Crippen molar-refractivity contribution in [1.82, 2.24) is 19.8 Å². The number of alkyl halides is 3. The summed E-state index contributed by atoms with van der Waals surface area (Å²) in [6, 6.07) is 15.5. The number of carboxylic acid groups (broad SMARTS) is 1. The minimum atomic E-state index is -5.08. The lowest BCUT2D eigenvalue weighted by Crippen LogP contribution is -2.44. The normalized spacial score (nSPS) is 14.6. The molecular formula is C30H32F4N4O5S. The Morgan fingerprint density at radius 3 is 2.39 bits per heavy atom. The molecule has 2 aliphatic rings. The Bertz CT molecular complexity index is 1480. The zero-order valence-corrected chi connectivity index (χ0v) is 24.5. The Balaban J connectivity index is 0.000000566. The third-order valence-electron chi connectivity index (χ3n) is 6.99. The van der Waals surface area contributed by atoms with Crippen molar-refractivity contribution in [3.05, 3.63) is 82.0 Å². The summed E-state index contributed by atoms with van der Waals surface area (Å²) in [5.41, 5.74) is 2.14. The van der Waals surface area contributed by atoms with Crippen LogP contribution in [-0.4, -0.2) is 69.1 Å². The number of thioether (sulfide) groups is 1. The summed E-state index contributed by atoms with van der Waals surface area (Å²) < 4.78 is 52.0. The molecule has 1 aromatic heterocycles. The second-order valence-corrected chi connectivity index (χ2v) is 11.4. The third kappa shape index (κ3) is 9.05. The van der Waals surface area contributed by atoms with Crippen LogP contribution in [0.5, 0.6) is 5.75 Å². The second kappa shape index (κ2) is 15.2. The van der Waals surface area contributed by atoms with E-state index < -0.39 is 12.1 Å². The molecule has 1 fully saturated rings. The number of para-hydroxylation sites is 1. The van der Waals surface area contributed by atoms with Gasteiger partial charge in [0.25, 0.3) is 5.56 Å². The van der Waals surface area contributed by atoms with Gasteiger partial charge in [-0.3, -0.25) is 14.2 Å². The Labute approximate surface area is 255 Å². The molecule has 5 rings (SSSR count). The highest BCUT2D eigenvalue weighted by molar-refractivity contribution is 7.99. The number of fused-ring (bicyclic) bond motifs is 1. The minimum absolute atomic E-state index is 0.0383. The van der Waals surface area contributed by atoms with E-state index >= 15 is 0 Å². The number of nitrogens with zero attached hydrogens (tertiary/aromatic N) is 3. The van der Waals surface area contributed by atoms with Gasteiger partial charge >= 0.3 is 12.1 Å². The molecule has 0 saturated heterocycles. The number of carbonyl (C=O) groups is 2. The third-order valence-corrected chi connectivity index (χ3v) is 8.28. The van der Waals surface area contributed by atoms with Gasteiger partial charge in [0.15, 0.2) is 5.16 Å². The molecule has 1 aliphatic carbocycles. The van der Waals surface area contributed by atoms with Gasteiger partial charge in [-0.15, -0.1) is 0 Å². The van der Waals surface area contributed by atoms with Crippen molar-refractivity contribution in [3.63, 3.8) is 0 Å². The van der Waals surface area contributed by atoms with Gasteiger partial charge in [-0.05, 0) is 62.2 Å². The first-order chi connectivity index (χ1) is 21.0. The van der Waals surface area contributed by atoms with E-state index in [2.05, 4.69) is 5.32 Å². The smallest absolute Gasteiger partial charge is 0.490 e. The van der Waals surface area contributed by atoms with Gasteiger partial charge in [0.1, 0.15) is 11.6 Å². The van der Waals surface area contributed by atoms with Gasteiger partial charge < -0.3 is 20.1 Å². The molecule has 0 radical (unpaired) electrons. The first-order valence-electron chi connectivity index (χ1n) is 14.1. The summed E-state index contributed by atoms with van der Waals surface area (Å²) in [5.74, 6) is -2.47. The second-order valence-electron chi connectivity index (χ2n) is 10.2. The van der Waals surface area contributed by atoms with Crippen LogP contribution < -0.4 is 15.6 Å². The molecule has 1 saturated carbocycles. The number of carboxylic acids is 1. The van der Waals surface area contributed by atoms with Gasteiger partial charge in [-0.2, -0.15) is 13.2 Å². The number of aromatic nitrogens is 2. The zero-order chi connectivity index (χ0) is 31.7. The van der Waals surface area contributed by atoms with Crippen molar-refractivity contribution in [2.45, 2.75) is 55.2 Å². The maximum atomic E-state index is 13.7. The van der Waals surface area contributed by atoms with E-state index in [4.69, 9.17) is 19.6 Å². The van der Waals surface area contributed by atoms with Crippen molar-refractivity contribution in [2.24, 2.45) is 0 Å². The molecular weight excluding hydrogens is 604 g/mol. The standard InChI is InChI=1S/C28H31FN4O3S.C2HF3O2/c29-20-10-12-22(13-11-20)36-17-5-15-30-18-26(34)32-16-14-25-24(19-32)27(35)33(21-6-2-1-3-7-21)28(31-25)37-23-8-4-9-23;3-2(4,5)1(6)7/h1-3,6-7,10-13,23,30H,4-5,8-9,14-19H2;(H,6,7). The number of hydrogen-bond donors (Lipinski definition) is 2. The lowest BCUT2D eigenvalue weighted by atomic mass is 10.0. The molecule has 0 spiro atoms. The SMILES string of the molecule is O=C(CNCCCOc1ccc(F)cc1)N1CCc2nc(SC3CCC3)n(-c3ccccc3)c(=O)c2C1.O=C(O)C(F)(F)F. The quantitative estimate of drug-likeness (QED) is 0.189. The molecule has 2 N–H and O–H groups in total. The fourth-order valence-electron chi connectivity index (χ4n) is 4.41. The van der Waals surface area contributed by atoms with Gasteiger partial charge in [0, 0.05) is 18.2 Å². The number of hydrogen-bond acceptors (Lipinski definition) is 7. The summed E-state index contributed by atoms with van der Waals surface area (Å²) in [4.78, 5) is 42.1. The van der Waals surface area contributed by atoms with Crippen molar-refractivity contribution >= 4 is 23.6 Å². The van der Waals surface area contributed by atoms with E-state index in [9.17, 15) is 27.2 Å². The van der Waals surface area contributed by atoms with Crippen molar-refractivity contribution in [3.8, 4) is 11.4 Å². The molecule has 9 nitrogen and oxygen atoms in total. The fraction of sp³-hybridized carbons (Fsp3) is 0.400. The Hall–Kier alpha value is -3.91. The van der Waals surface area contributed by atoms with E-state index in [0.29, 0.717) is 49.1 Å². The predicted octanol–water partition coefficient (Wildman–Crippen LogP) is 4.59. The van der Waals surface area contributed by atoms with E-state index in [1.165, 1.54) is 18.6 Å². The molecule has 14 heteroatoms. The lowest BCUT2D eigenvalue weighted by Gasteiger charge is -2.30. The molecule has 2 heterocycles. The molecule has 2 aromatic carbocycles. The molecule has 0 unspecified atom stereocenters. The molecule has 3 aromatic rings. The van der Waals surface area contributed by atoms with Crippen LogP contribution in [0.4, 0.5) is 17.6 Å². The highest BCUT2D eigenvalue weighted by Gasteiger charge is 2.38. The number of ether oxygens (including phenoxy) is 1. The average Bonchev–Trinajstić information content (AvgIpc) is 2.98. The van der Waals surface area contributed by atoms with Gasteiger partial charge in [-0.25, -0.2) is 14.2 Å². The van der Waals surface area contributed by atoms with Crippen LogP contribution >= 0.6 is 11.8 Å². The number of amides is 1. The van der Waals surface area contributed by atoms with Crippen molar-refractivity contribution < 1.29 is 37.0 Å². The molecule has 0 atom stereocenters. The van der Waals surface area contributed by atoms with Crippen LogP contribution in [0.3, 0.4) is 0 Å². The van der Waals surface area contributed by atoms with Crippen LogP contribution in [0.25, 0.3) is 5.69 Å². The van der Waals surface area contributed by atoms with E-state index in [-0.39, 0.29) is 30.4 Å². The van der Waals surface area contributed by atoms with Gasteiger partial charge in [0.05, 0.1) is 36.6 Å². The Kier molecular flexibility index (Phi) is 11.4. The number of carbonyl (C=O) groups excluding carboxylic acids is 1. The molecule has 236 valence electrons. The number of nitrogens with one attached hydrogen (secondary N) is 1. The van der Waals surface area contributed by atoms with Gasteiger partial charge in [-0.1, -0.05) is 36.4 Å². The highest BCUT2D eigenvalue weighted by Crippen LogP contribution is 2.36. The largest absolute Gasteiger partial charge is 0.494 e. The maximum absolute atomic E-state index is 13.7. The Morgan fingerprint density at radius 1 is 1.09 bits per heavy atom. The molecule has 1 amide bonds. The first-order valence-corrected chi connectivity index (χ1v) is 14.9. The van der Waals surface area contributed by atoms with E-state index in [1.54, 1.807) is 33.4 Å². The van der Waals surface area contributed by atoms with Crippen molar-refractivity contribution in [2.75, 3.05) is 26.2 Å². The van der Waals surface area contributed by atoms with Crippen LogP contribution in [-0.2, 0) is 22.6 Å². The van der Waals surface area contributed by atoms with E-state index in [0.717, 1.165) is 29.4 Å². The summed E-state index contributed by atoms with van der Waals surface area (Å²) in [6.07, 6.45) is -0.263. The maximum Gasteiger partial charge on any atom is 0.490 e. The summed E-state index contributed by atoms with van der Waals surface area (Å²) in [5, 5.41) is 11.6. The van der Waals surface area contributed by atoms with Crippen LogP contribution in [0.2, 0.25) is 0 Å². The van der Waals surface area contributed by atoms with Gasteiger partial charge in [0.2, 0.25) is 5.91 Å². The summed E-state index contributed by atoms with van der Waals surface area (Å²) >= 11 is 1.70. The average molecular weight is 637 g/mol. The fourth-order valence-corrected chi connectivity index (χ4v) is 5.74. The molecule has 1 aliphatic heterocycles. The minimum Gasteiger partial charge on any atom is -0.494 e. The topological polar surface area (TPSA) is 114 Å². The van der Waals surface area contributed by atoms with Crippen LogP contribution in [0, 0.1) is 5.82 Å². The Morgan fingerprint density at radius 2 is 1.77 bits per heavy atom. The molecule has 44 heavy (non-hydrogen) atoms. The predicted molar refractivity (Wildman–Crippen MR) is 156 cm³/mol. The summed E-state index contributed by atoms with van der Waals surface area (Å²) in [7, 11) is 0. The number of rotatable bonds is 10. The first kappa shape index (κ1) is 33.0. The molecule has 0 bridgehead atoms. The van der Waals surface area contributed by atoms with Crippen LogP contribution in [0.15, 0.2) is 64.5 Å². The zero-order valence-electron chi connectivity index (χ0n) is 23.7. The lowest BCUT2D eigenvalue weighted by molar-refractivity contribution is -0.192. The van der Waals surface area contributed by atoms with Crippen molar-refractivity contribution in [1.29, 1.82) is 0 Å². The highest BCUT2D eigenvalue weighted by atomic mass is 32.2. The number of aliphatic carboxylic acids is 1. The number of halogens is 4. The number of benzene rings is 2. The van der Waals surface area contributed by atoms with Crippen LogP contribution in [0.1, 0.15) is 36.9 Å². The van der Waals surface area contributed by atoms with E-state index in [1.807, 2.05) is 30.3 Å².